The quantitative estimate of drug-likeness (QED) is 0.395. The van der Waals surface area contributed by atoms with E-state index in [4.69, 9.17) is 16.9 Å². The monoisotopic (exact) mass is 466 g/mol. The number of hydrogen-bond acceptors (Lipinski definition) is 8. The highest BCUT2D eigenvalue weighted by molar-refractivity contribution is 6.07. The first-order valence-electron chi connectivity index (χ1n) is 10.5. The van der Waals surface area contributed by atoms with Gasteiger partial charge in [-0.05, 0) is 43.5 Å². The van der Waals surface area contributed by atoms with Crippen molar-refractivity contribution in [3.8, 4) is 46.5 Å². The first-order valence-corrected chi connectivity index (χ1v) is 10.5. The summed E-state index contributed by atoms with van der Waals surface area (Å²) in [4.78, 5) is 25.4. The lowest BCUT2D eigenvalue weighted by Gasteiger charge is -2.12. The molecule has 4 aromatic heterocycles. The number of nitrogen functional groups attached to an aromatic ring is 1. The van der Waals surface area contributed by atoms with Gasteiger partial charge in [-0.1, -0.05) is 6.07 Å². The van der Waals surface area contributed by atoms with Gasteiger partial charge in [-0.25, -0.2) is 34.3 Å². The van der Waals surface area contributed by atoms with E-state index >= 15 is 4.39 Å². The fourth-order valence-corrected chi connectivity index (χ4v) is 3.95. The smallest absolute Gasteiger partial charge is 0.322 e. The minimum atomic E-state index is -0.596. The summed E-state index contributed by atoms with van der Waals surface area (Å²) in [5, 5.41) is 0.584. The zero-order valence-corrected chi connectivity index (χ0v) is 19.1. The molecule has 35 heavy (non-hydrogen) atoms. The van der Waals surface area contributed by atoms with Gasteiger partial charge in [0.1, 0.15) is 17.8 Å². The molecule has 5 rings (SSSR count). The summed E-state index contributed by atoms with van der Waals surface area (Å²) in [6, 6.07) is 6.39. The molecule has 9 nitrogen and oxygen atoms in total. The number of halogens is 1. The van der Waals surface area contributed by atoms with Crippen molar-refractivity contribution in [3.05, 3.63) is 66.0 Å². The number of anilines is 1. The Morgan fingerprint density at radius 1 is 1.09 bits per heavy atom. The number of nitrogens with zero attached hydrogens (tertiary/aromatic N) is 7. The predicted octanol–water partition coefficient (Wildman–Crippen LogP) is 3.99. The first-order chi connectivity index (χ1) is 16.9. The van der Waals surface area contributed by atoms with Gasteiger partial charge >= 0.3 is 6.01 Å². The molecule has 0 aliphatic carbocycles. The molecule has 172 valence electrons. The molecule has 0 amide bonds. The lowest BCUT2D eigenvalue weighted by molar-refractivity contribution is 0.410. The summed E-state index contributed by atoms with van der Waals surface area (Å²) in [6.07, 6.45) is 10.0. The highest BCUT2D eigenvalue weighted by Crippen LogP contribution is 2.43. The molecule has 4 heterocycles. The maximum absolute atomic E-state index is 15.2. The molecule has 0 atom stereocenters. The average molecular weight is 466 g/mol. The van der Waals surface area contributed by atoms with Crippen LogP contribution in [-0.4, -0.2) is 34.5 Å². The van der Waals surface area contributed by atoms with Crippen LogP contribution < -0.4 is 10.5 Å². The Kier molecular flexibility index (Phi) is 5.30. The van der Waals surface area contributed by atoms with Crippen molar-refractivity contribution in [1.82, 2.24) is 34.5 Å². The summed E-state index contributed by atoms with van der Waals surface area (Å²) in [7, 11) is 1.84. The van der Waals surface area contributed by atoms with Gasteiger partial charge in [0, 0.05) is 36.3 Å². The molecule has 0 unspecified atom stereocenters. The Morgan fingerprint density at radius 3 is 2.63 bits per heavy atom. The van der Waals surface area contributed by atoms with Crippen molar-refractivity contribution in [2.75, 3.05) is 5.73 Å². The van der Waals surface area contributed by atoms with E-state index in [1.165, 1.54) is 18.5 Å². The maximum atomic E-state index is 15.2. The number of aromatic nitrogens is 7. The number of nitrogens with two attached hydrogens (primary N) is 1. The van der Waals surface area contributed by atoms with Crippen LogP contribution in [0.5, 0.6) is 11.8 Å². The Balaban J connectivity index is 1.71. The van der Waals surface area contributed by atoms with Crippen LogP contribution in [0.15, 0.2) is 43.0 Å². The van der Waals surface area contributed by atoms with Crippen molar-refractivity contribution in [1.29, 1.82) is 0 Å². The Hall–Kier alpha value is -4.91. The van der Waals surface area contributed by atoms with Gasteiger partial charge in [0.05, 0.1) is 16.8 Å². The molecule has 0 radical (unpaired) electrons. The van der Waals surface area contributed by atoms with E-state index in [-0.39, 0.29) is 23.4 Å². The van der Waals surface area contributed by atoms with Crippen molar-refractivity contribution >= 4 is 16.9 Å². The van der Waals surface area contributed by atoms with E-state index in [0.717, 1.165) is 0 Å². The van der Waals surface area contributed by atoms with E-state index < -0.39 is 5.82 Å². The largest absolute Gasteiger partial charge is 0.421 e. The van der Waals surface area contributed by atoms with Gasteiger partial charge < -0.3 is 15.0 Å². The van der Waals surface area contributed by atoms with Crippen molar-refractivity contribution in [2.45, 2.75) is 13.8 Å². The third kappa shape index (κ3) is 3.79. The number of hydrogen-bond donors (Lipinski definition) is 1. The van der Waals surface area contributed by atoms with Crippen LogP contribution in [0.25, 0.3) is 33.4 Å². The molecule has 5 aromatic rings. The maximum Gasteiger partial charge on any atom is 0.322 e. The molecular formula is C25H19FN8O. The van der Waals surface area contributed by atoms with Crippen molar-refractivity contribution in [3.63, 3.8) is 0 Å². The Bertz CT molecular complexity index is 1650. The summed E-state index contributed by atoms with van der Waals surface area (Å²) in [5.74, 6) is 2.37. The second kappa shape index (κ2) is 8.46. The molecule has 0 saturated heterocycles. The van der Waals surface area contributed by atoms with Crippen molar-refractivity contribution < 1.29 is 9.13 Å². The lowest BCUT2D eigenvalue weighted by atomic mass is 9.98. The molecule has 0 aliphatic rings. The molecule has 2 N–H and O–H groups in total. The predicted molar refractivity (Wildman–Crippen MR) is 129 cm³/mol. The zero-order chi connectivity index (χ0) is 24.7. The van der Waals surface area contributed by atoms with Crippen LogP contribution >= 0.6 is 0 Å². The molecule has 1 aromatic carbocycles. The van der Waals surface area contributed by atoms with Crippen LogP contribution in [0.4, 0.5) is 10.2 Å². The number of ether oxygens (including phenoxy) is 1. The number of fused-ring (bicyclic) bond motifs is 1. The normalized spacial score (nSPS) is 10.9. The van der Waals surface area contributed by atoms with Crippen LogP contribution in [-0.2, 0) is 7.05 Å². The highest BCUT2D eigenvalue weighted by atomic mass is 19.1. The van der Waals surface area contributed by atoms with Crippen LogP contribution in [0.3, 0.4) is 0 Å². The first kappa shape index (κ1) is 21.9. The van der Waals surface area contributed by atoms with Gasteiger partial charge in [-0.3, -0.25) is 0 Å². The molecule has 10 heteroatoms. The highest BCUT2D eigenvalue weighted by Gasteiger charge is 2.24. The van der Waals surface area contributed by atoms with Gasteiger partial charge in [0.25, 0.3) is 0 Å². The fraction of sp³-hybridized carbons (Fsp3) is 0.120. The molecule has 0 fully saturated rings. The molecule has 0 spiro atoms. The topological polar surface area (TPSA) is 118 Å². The lowest BCUT2D eigenvalue weighted by Crippen LogP contribution is -2.00. The minimum Gasteiger partial charge on any atom is -0.421 e. The van der Waals surface area contributed by atoms with Gasteiger partial charge in [-0.2, -0.15) is 0 Å². The standard InChI is InChI=1S/C25H19FN8O/c1-5-19-29-11-16(14(3)33-19)22-20(21-23(27)30-12-31-24(21)34(22)4)15-6-7-18(17(26)10-15)35-25-28-9-8-13(2)32-25/h1,6-12H,2-4H3,(H2,27,30,31). The SMILES string of the molecule is C#Cc1ncc(-c2c(-c3ccc(Oc4nccc(C)n4)c(F)c3)c3c(N)ncnc3n2C)c(C)n1. The number of terminal acetylenes is 1. The third-order valence-corrected chi connectivity index (χ3v) is 5.55. The number of benzene rings is 1. The van der Waals surface area contributed by atoms with E-state index in [9.17, 15) is 0 Å². The van der Waals surface area contributed by atoms with E-state index in [1.54, 1.807) is 31.5 Å². The summed E-state index contributed by atoms with van der Waals surface area (Å²) >= 11 is 0. The van der Waals surface area contributed by atoms with Crippen LogP contribution in [0.1, 0.15) is 17.2 Å². The van der Waals surface area contributed by atoms with E-state index in [2.05, 4.69) is 35.8 Å². The van der Waals surface area contributed by atoms with Gasteiger partial charge in [-0.15, -0.1) is 6.42 Å². The average Bonchev–Trinajstić information content (AvgIpc) is 3.14. The second-order valence-electron chi connectivity index (χ2n) is 7.81. The molecule has 0 aliphatic heterocycles. The van der Waals surface area contributed by atoms with Gasteiger partial charge in [0.15, 0.2) is 11.6 Å². The van der Waals surface area contributed by atoms with E-state index in [0.29, 0.717) is 44.8 Å². The van der Waals surface area contributed by atoms with Crippen LogP contribution in [0, 0.1) is 32.0 Å². The van der Waals surface area contributed by atoms with Crippen molar-refractivity contribution in [2.24, 2.45) is 7.05 Å². The summed E-state index contributed by atoms with van der Waals surface area (Å²) < 4.78 is 22.7. The molecular weight excluding hydrogens is 447 g/mol. The number of aryl methyl sites for hydroxylation is 3. The minimum absolute atomic E-state index is 0.0109. The number of rotatable bonds is 4. The zero-order valence-electron chi connectivity index (χ0n) is 19.1. The van der Waals surface area contributed by atoms with E-state index in [1.807, 2.05) is 18.5 Å². The summed E-state index contributed by atoms with van der Waals surface area (Å²) in [5.41, 5.74) is 10.8. The molecule has 0 saturated carbocycles. The third-order valence-electron chi connectivity index (χ3n) is 5.55. The van der Waals surface area contributed by atoms with Crippen LogP contribution in [0.2, 0.25) is 0 Å². The van der Waals surface area contributed by atoms with Gasteiger partial charge in [0.2, 0.25) is 5.82 Å². The fourth-order valence-electron chi connectivity index (χ4n) is 3.95. The Labute approximate surface area is 199 Å². The molecule has 0 bridgehead atoms. The Morgan fingerprint density at radius 2 is 1.91 bits per heavy atom. The summed E-state index contributed by atoms with van der Waals surface area (Å²) in [6.45, 7) is 3.62. The second-order valence-corrected chi connectivity index (χ2v) is 7.81.